The number of nitrogens with zero attached hydrogens (tertiary/aromatic N) is 2. The first kappa shape index (κ1) is 14.9. The highest BCUT2D eigenvalue weighted by atomic mass is 16.5. The molecule has 2 aromatic rings. The number of ether oxygens (including phenoxy) is 1. The highest BCUT2D eigenvalue weighted by Crippen LogP contribution is 2.14. The summed E-state index contributed by atoms with van der Waals surface area (Å²) >= 11 is 0. The van der Waals surface area contributed by atoms with E-state index < -0.39 is 12.0 Å². The van der Waals surface area contributed by atoms with E-state index in [2.05, 4.69) is 15.3 Å². The van der Waals surface area contributed by atoms with Gasteiger partial charge in [-0.25, -0.2) is 4.79 Å². The largest absolute Gasteiger partial charge is 0.467 e. The van der Waals surface area contributed by atoms with Crippen LogP contribution in [0.1, 0.15) is 24.2 Å². The first-order chi connectivity index (χ1) is 10.0. The number of nitrogens with one attached hydrogen (secondary N) is 1. The minimum absolute atomic E-state index is 0.0811. The summed E-state index contributed by atoms with van der Waals surface area (Å²) in [6.45, 7) is 3.68. The first-order valence-corrected chi connectivity index (χ1v) is 6.63. The summed E-state index contributed by atoms with van der Waals surface area (Å²) in [5.41, 5.74) is 1.52. The van der Waals surface area contributed by atoms with Gasteiger partial charge in [0.2, 0.25) is 0 Å². The Hall–Kier alpha value is -2.50. The van der Waals surface area contributed by atoms with Crippen molar-refractivity contribution in [1.29, 1.82) is 0 Å². The second kappa shape index (κ2) is 6.30. The number of carbonyl (C=O) groups is 2. The summed E-state index contributed by atoms with van der Waals surface area (Å²) in [5, 5.41) is 2.69. The smallest absolute Gasteiger partial charge is 0.328 e. The molecule has 1 aromatic heterocycles. The van der Waals surface area contributed by atoms with Gasteiger partial charge >= 0.3 is 5.97 Å². The molecule has 110 valence electrons. The second-order valence-corrected chi connectivity index (χ2v) is 4.95. The summed E-state index contributed by atoms with van der Waals surface area (Å²) in [5.74, 6) is -0.919. The molecule has 0 fully saturated rings. The maximum atomic E-state index is 12.4. The van der Waals surface area contributed by atoms with Gasteiger partial charge in [-0.3, -0.25) is 14.8 Å². The molecule has 6 nitrogen and oxygen atoms in total. The molecule has 1 amide bonds. The van der Waals surface area contributed by atoms with Gasteiger partial charge in [-0.15, -0.1) is 0 Å². The number of methoxy groups -OCH3 is 1. The topological polar surface area (TPSA) is 81.2 Å². The molecule has 1 aromatic carbocycles. The summed E-state index contributed by atoms with van der Waals surface area (Å²) in [4.78, 5) is 32.5. The number of para-hydroxylation sites is 1. The molecule has 21 heavy (non-hydrogen) atoms. The van der Waals surface area contributed by atoms with E-state index in [9.17, 15) is 9.59 Å². The molecule has 0 aliphatic rings. The van der Waals surface area contributed by atoms with Gasteiger partial charge in [0.1, 0.15) is 11.6 Å². The SMILES string of the molecule is COC(=O)C(NC(=O)c1cccc2nccnc12)C(C)C. The predicted octanol–water partition coefficient (Wildman–Crippen LogP) is 1.56. The maximum absolute atomic E-state index is 12.4. The molecule has 1 heterocycles. The van der Waals surface area contributed by atoms with Crippen molar-refractivity contribution in [3.05, 3.63) is 36.2 Å². The number of benzene rings is 1. The fourth-order valence-corrected chi connectivity index (χ4v) is 2.02. The normalized spacial score (nSPS) is 12.2. The Labute approximate surface area is 122 Å². The van der Waals surface area contributed by atoms with Gasteiger partial charge in [0.25, 0.3) is 5.91 Å². The summed E-state index contributed by atoms with van der Waals surface area (Å²) < 4.78 is 4.72. The third-order valence-electron chi connectivity index (χ3n) is 3.15. The lowest BCUT2D eigenvalue weighted by molar-refractivity contribution is -0.144. The van der Waals surface area contributed by atoms with Crippen LogP contribution in [0.4, 0.5) is 0 Å². The molecule has 6 heteroatoms. The predicted molar refractivity (Wildman–Crippen MR) is 77.6 cm³/mol. The number of carbonyl (C=O) groups excluding carboxylic acids is 2. The Bertz CT molecular complexity index is 665. The minimum atomic E-state index is -0.700. The Balaban J connectivity index is 2.32. The highest BCUT2D eigenvalue weighted by molar-refractivity contribution is 6.05. The van der Waals surface area contributed by atoms with Gasteiger partial charge in [-0.05, 0) is 18.1 Å². The third-order valence-corrected chi connectivity index (χ3v) is 3.15. The van der Waals surface area contributed by atoms with Gasteiger partial charge in [0, 0.05) is 12.4 Å². The molecule has 0 radical (unpaired) electrons. The van der Waals surface area contributed by atoms with Gasteiger partial charge in [-0.2, -0.15) is 0 Å². The van der Waals surface area contributed by atoms with E-state index in [4.69, 9.17) is 4.74 Å². The molecule has 0 aliphatic heterocycles. The Kier molecular flexibility index (Phi) is 4.47. The second-order valence-electron chi connectivity index (χ2n) is 4.95. The lowest BCUT2D eigenvalue weighted by Gasteiger charge is -2.20. The van der Waals surface area contributed by atoms with Crippen LogP contribution < -0.4 is 5.32 Å². The van der Waals surface area contributed by atoms with Crippen molar-refractivity contribution in [3.8, 4) is 0 Å². The van der Waals surface area contributed by atoms with Crippen molar-refractivity contribution < 1.29 is 14.3 Å². The quantitative estimate of drug-likeness (QED) is 0.863. The van der Waals surface area contributed by atoms with Crippen LogP contribution in [0.15, 0.2) is 30.6 Å². The van der Waals surface area contributed by atoms with Crippen molar-refractivity contribution in [2.75, 3.05) is 7.11 Å². The summed E-state index contributed by atoms with van der Waals surface area (Å²) in [7, 11) is 1.30. The number of hydrogen-bond donors (Lipinski definition) is 1. The summed E-state index contributed by atoms with van der Waals surface area (Å²) in [6.07, 6.45) is 3.09. The zero-order chi connectivity index (χ0) is 15.4. The average molecular weight is 287 g/mol. The van der Waals surface area contributed by atoms with Crippen LogP contribution in [0, 0.1) is 5.92 Å². The van der Waals surface area contributed by atoms with E-state index in [0.29, 0.717) is 16.6 Å². The van der Waals surface area contributed by atoms with E-state index in [1.807, 2.05) is 13.8 Å². The molecule has 1 unspecified atom stereocenters. The molecule has 0 saturated heterocycles. The Morgan fingerprint density at radius 1 is 1.19 bits per heavy atom. The van der Waals surface area contributed by atoms with E-state index in [0.717, 1.165) is 0 Å². The number of fused-ring (bicyclic) bond motifs is 1. The fraction of sp³-hybridized carbons (Fsp3) is 0.333. The van der Waals surface area contributed by atoms with Crippen molar-refractivity contribution in [1.82, 2.24) is 15.3 Å². The number of esters is 1. The van der Waals surface area contributed by atoms with Gasteiger partial charge in [0.15, 0.2) is 0 Å². The number of rotatable bonds is 4. The fourth-order valence-electron chi connectivity index (χ4n) is 2.02. The zero-order valence-corrected chi connectivity index (χ0v) is 12.2. The van der Waals surface area contributed by atoms with E-state index in [1.54, 1.807) is 24.4 Å². The molecular formula is C15H17N3O3. The highest BCUT2D eigenvalue weighted by Gasteiger charge is 2.26. The Morgan fingerprint density at radius 2 is 1.90 bits per heavy atom. The van der Waals surface area contributed by atoms with E-state index in [-0.39, 0.29) is 11.8 Å². The first-order valence-electron chi connectivity index (χ1n) is 6.63. The molecular weight excluding hydrogens is 270 g/mol. The zero-order valence-electron chi connectivity index (χ0n) is 12.2. The lowest BCUT2D eigenvalue weighted by Crippen LogP contribution is -2.45. The minimum Gasteiger partial charge on any atom is -0.467 e. The maximum Gasteiger partial charge on any atom is 0.328 e. The van der Waals surface area contributed by atoms with Crippen molar-refractivity contribution >= 4 is 22.9 Å². The van der Waals surface area contributed by atoms with Crippen LogP contribution in [0.5, 0.6) is 0 Å². The summed E-state index contributed by atoms with van der Waals surface area (Å²) in [6, 6.07) is 4.46. The number of aromatic nitrogens is 2. The molecule has 2 rings (SSSR count). The van der Waals surface area contributed by atoms with Crippen LogP contribution >= 0.6 is 0 Å². The molecule has 1 N–H and O–H groups in total. The van der Waals surface area contributed by atoms with E-state index >= 15 is 0 Å². The van der Waals surface area contributed by atoms with Crippen molar-refractivity contribution in [2.45, 2.75) is 19.9 Å². The van der Waals surface area contributed by atoms with Crippen molar-refractivity contribution in [3.63, 3.8) is 0 Å². The number of hydrogen-bond acceptors (Lipinski definition) is 5. The van der Waals surface area contributed by atoms with E-state index in [1.165, 1.54) is 13.3 Å². The van der Waals surface area contributed by atoms with Gasteiger partial charge in [-0.1, -0.05) is 19.9 Å². The van der Waals surface area contributed by atoms with Crippen molar-refractivity contribution in [2.24, 2.45) is 5.92 Å². The monoisotopic (exact) mass is 287 g/mol. The third kappa shape index (κ3) is 3.16. The van der Waals surface area contributed by atoms with Crippen LogP contribution in [-0.4, -0.2) is 35.0 Å². The average Bonchev–Trinajstić information content (AvgIpc) is 2.50. The molecule has 0 saturated carbocycles. The van der Waals surface area contributed by atoms with Gasteiger partial charge in [0.05, 0.1) is 18.2 Å². The van der Waals surface area contributed by atoms with Crippen LogP contribution in [0.2, 0.25) is 0 Å². The number of amides is 1. The molecule has 0 spiro atoms. The molecule has 0 bridgehead atoms. The Morgan fingerprint density at radius 3 is 2.57 bits per heavy atom. The van der Waals surface area contributed by atoms with Crippen LogP contribution in [0.3, 0.4) is 0 Å². The van der Waals surface area contributed by atoms with Gasteiger partial charge < -0.3 is 10.1 Å². The standard InChI is InChI=1S/C15H17N3O3/c1-9(2)12(15(20)21-3)18-14(19)10-5-4-6-11-13(10)17-8-7-16-11/h4-9,12H,1-3H3,(H,18,19). The molecule has 1 atom stereocenters. The van der Waals surface area contributed by atoms with Crippen LogP contribution in [0.25, 0.3) is 11.0 Å². The molecule has 0 aliphatic carbocycles. The lowest BCUT2D eigenvalue weighted by atomic mass is 10.0. The van der Waals surface area contributed by atoms with Crippen LogP contribution in [-0.2, 0) is 9.53 Å².